The largest absolute Gasteiger partial charge is 0.417 e. The number of nitrogens with zero attached hydrogens (tertiary/aromatic N) is 5. The van der Waals surface area contributed by atoms with E-state index in [2.05, 4.69) is 20.1 Å². The number of aromatic nitrogens is 4. The zero-order chi connectivity index (χ0) is 33.6. The molecule has 0 radical (unpaired) electrons. The van der Waals surface area contributed by atoms with Gasteiger partial charge in [0, 0.05) is 71.1 Å². The van der Waals surface area contributed by atoms with E-state index in [0.717, 1.165) is 29.9 Å². The normalized spacial score (nSPS) is 14.7. The number of alkyl halides is 3. The number of aromatic amines is 1. The number of carbonyl (C=O) groups is 1. The highest BCUT2D eigenvalue weighted by molar-refractivity contribution is 6.15. The van der Waals surface area contributed by atoms with Crippen LogP contribution in [-0.4, -0.2) is 68.5 Å². The van der Waals surface area contributed by atoms with E-state index in [1.54, 1.807) is 35.4 Å². The predicted molar refractivity (Wildman–Crippen MR) is 186 cm³/mol. The number of likely N-dealkylation sites (N-methyl/N-ethyl adjacent to an activating group) is 1. The van der Waals surface area contributed by atoms with Crippen molar-refractivity contribution in [1.82, 2.24) is 29.4 Å². The molecule has 6 heterocycles. The summed E-state index contributed by atoms with van der Waals surface area (Å²) < 4.78 is 46.3. The first-order valence-electron chi connectivity index (χ1n) is 15.9. The maximum absolute atomic E-state index is 15.0. The number of piperazine rings is 1. The molecule has 8 bridgehead atoms. The molecule has 1 saturated heterocycles. The van der Waals surface area contributed by atoms with E-state index < -0.39 is 17.3 Å². The number of hydrogen-bond donors (Lipinski definition) is 1. The lowest BCUT2D eigenvalue weighted by molar-refractivity contribution is -0.136. The third-order valence-electron chi connectivity index (χ3n) is 9.79. The van der Waals surface area contributed by atoms with E-state index in [1.807, 2.05) is 43.4 Å². The monoisotopic (exact) mass is 656 g/mol. The van der Waals surface area contributed by atoms with Crippen molar-refractivity contribution in [1.29, 1.82) is 0 Å². The SMILES string of the molecule is CN1CCN(C(=O)c2ccc3cc2c2n[nH]c4ccc(cc42)c2ccc4ncc5ccc(=O)n(c6ccc3c(C(F)(F)F)c6)c5c4c2)CC1. The topological polar surface area (TPSA) is 86.6 Å². The summed E-state index contributed by atoms with van der Waals surface area (Å²) in [7, 11) is 2.00. The van der Waals surface area contributed by atoms with Crippen molar-refractivity contribution in [2.75, 3.05) is 33.2 Å². The fraction of sp³-hybridized carbons (Fsp3) is 0.158. The van der Waals surface area contributed by atoms with Gasteiger partial charge in [0.15, 0.2) is 0 Å². The van der Waals surface area contributed by atoms with Gasteiger partial charge < -0.3 is 9.80 Å². The summed E-state index contributed by atoms with van der Waals surface area (Å²) in [4.78, 5) is 36.1. The van der Waals surface area contributed by atoms with Crippen molar-refractivity contribution in [3.8, 4) is 0 Å². The van der Waals surface area contributed by atoms with Gasteiger partial charge >= 0.3 is 6.18 Å². The summed E-state index contributed by atoms with van der Waals surface area (Å²) >= 11 is 0. The number of fused-ring (bicyclic) bond motifs is 2. The minimum atomic E-state index is -4.76. The Morgan fingerprint density at radius 3 is 2.27 bits per heavy atom. The Balaban J connectivity index is 1.50. The zero-order valence-corrected chi connectivity index (χ0v) is 26.2. The van der Waals surface area contributed by atoms with E-state index >= 15 is 0 Å². The minimum Gasteiger partial charge on any atom is -0.336 e. The third kappa shape index (κ3) is 4.64. The minimum absolute atomic E-state index is 0.0779. The maximum atomic E-state index is 15.0. The second kappa shape index (κ2) is 10.6. The van der Waals surface area contributed by atoms with E-state index in [1.165, 1.54) is 22.6 Å². The molecule has 11 heteroatoms. The summed E-state index contributed by atoms with van der Waals surface area (Å²) in [5, 5.41) is 12.0. The first-order chi connectivity index (χ1) is 23.6. The van der Waals surface area contributed by atoms with Crippen molar-refractivity contribution >= 4 is 76.6 Å². The molecule has 9 aromatic rings. The van der Waals surface area contributed by atoms with Gasteiger partial charge in [-0.25, -0.2) is 0 Å². The van der Waals surface area contributed by atoms with Crippen LogP contribution in [0.1, 0.15) is 15.9 Å². The second-order valence-electron chi connectivity index (χ2n) is 12.7. The van der Waals surface area contributed by atoms with E-state index in [0.29, 0.717) is 62.3 Å². The number of halogens is 3. The fourth-order valence-corrected chi connectivity index (χ4v) is 7.18. The van der Waals surface area contributed by atoms with E-state index in [-0.39, 0.29) is 22.2 Å². The van der Waals surface area contributed by atoms with Gasteiger partial charge in [0.25, 0.3) is 11.5 Å². The van der Waals surface area contributed by atoms with Crippen LogP contribution in [0, 0.1) is 0 Å². The number of pyridine rings is 2. The number of rotatable bonds is 1. The Kier molecular flexibility index (Phi) is 6.34. The molecule has 0 saturated carbocycles. The van der Waals surface area contributed by atoms with Crippen molar-refractivity contribution in [2.45, 2.75) is 6.18 Å². The summed E-state index contributed by atoms with van der Waals surface area (Å²) in [5.41, 5.74) is 1.31. The smallest absolute Gasteiger partial charge is 0.336 e. The Bertz CT molecular complexity index is 2800. The van der Waals surface area contributed by atoms with Crippen molar-refractivity contribution in [3.63, 3.8) is 0 Å². The highest BCUT2D eigenvalue weighted by Gasteiger charge is 2.33. The quantitative estimate of drug-likeness (QED) is 0.188. The van der Waals surface area contributed by atoms with E-state index in [4.69, 9.17) is 0 Å². The van der Waals surface area contributed by atoms with Gasteiger partial charge in [-0.05, 0) is 83.2 Å². The van der Waals surface area contributed by atoms with Crippen molar-refractivity contribution < 1.29 is 18.0 Å². The number of hydrogen-bond acceptors (Lipinski definition) is 5. The van der Waals surface area contributed by atoms with Crippen LogP contribution in [0.5, 0.6) is 0 Å². The lowest BCUT2D eigenvalue weighted by atomic mass is 9.99. The molecule has 0 atom stereocenters. The Labute approximate surface area is 275 Å². The summed E-state index contributed by atoms with van der Waals surface area (Å²) in [6, 6.07) is 23.2. The van der Waals surface area contributed by atoms with Gasteiger partial charge in [-0.1, -0.05) is 24.3 Å². The molecule has 0 aliphatic carbocycles. The van der Waals surface area contributed by atoms with Gasteiger partial charge in [0.2, 0.25) is 0 Å². The molecule has 242 valence electrons. The highest BCUT2D eigenvalue weighted by atomic mass is 19.4. The third-order valence-corrected chi connectivity index (χ3v) is 9.79. The van der Waals surface area contributed by atoms with Gasteiger partial charge in [-0.3, -0.25) is 24.1 Å². The lowest BCUT2D eigenvalue weighted by Gasteiger charge is -2.32. The maximum Gasteiger partial charge on any atom is 0.417 e. The standard InChI is InChI=1S/C38H27F3N6O2/c1-45-12-14-46(15-13-45)37(49)27-7-2-23-18-28(27)35-29-16-21(4-10-33(29)43-44-35)22-3-9-32-30(17-22)36-24(20-42-32)5-11-34(48)47(36)25-6-8-26(23)31(19-25)38(39,40)41/h2-11,16-20H,12-15H2,1H3,(H,43,44). The average molecular weight is 657 g/mol. The van der Waals surface area contributed by atoms with Crippen LogP contribution in [-0.2, 0) is 6.18 Å². The van der Waals surface area contributed by atoms with Gasteiger partial charge in [0.1, 0.15) is 5.52 Å². The molecule has 4 aromatic carbocycles. The number of carbonyl (C=O) groups excluding carboxylic acids is 1. The second-order valence-corrected chi connectivity index (χ2v) is 12.7. The van der Waals surface area contributed by atoms with Gasteiger partial charge in [-0.2, -0.15) is 18.3 Å². The molecule has 0 spiro atoms. The molecule has 8 nitrogen and oxygen atoms in total. The lowest BCUT2D eigenvalue weighted by Crippen LogP contribution is -2.47. The number of nitrogens with one attached hydrogen (secondary N) is 1. The molecule has 0 unspecified atom stereocenters. The first-order valence-corrected chi connectivity index (χ1v) is 15.9. The Morgan fingerprint density at radius 2 is 1.47 bits per heavy atom. The molecule has 1 aliphatic heterocycles. The molecule has 1 N–H and O–H groups in total. The molecular weight excluding hydrogens is 629 g/mol. The predicted octanol–water partition coefficient (Wildman–Crippen LogP) is 7.31. The van der Waals surface area contributed by atoms with Crippen LogP contribution in [0.4, 0.5) is 13.2 Å². The first kappa shape index (κ1) is 29.3. The van der Waals surface area contributed by atoms with Crippen molar-refractivity contribution in [3.05, 3.63) is 113 Å². The molecule has 1 aliphatic rings. The summed E-state index contributed by atoms with van der Waals surface area (Å²) in [6.45, 7) is 2.50. The number of amides is 1. The molecule has 1 fully saturated rings. The van der Waals surface area contributed by atoms with Crippen LogP contribution < -0.4 is 5.56 Å². The van der Waals surface area contributed by atoms with Crippen LogP contribution in [0.15, 0.2) is 95.9 Å². The highest BCUT2D eigenvalue weighted by Crippen LogP contribution is 2.37. The van der Waals surface area contributed by atoms with Crippen LogP contribution >= 0.6 is 0 Å². The van der Waals surface area contributed by atoms with Gasteiger partial charge in [-0.15, -0.1) is 0 Å². The molecule has 49 heavy (non-hydrogen) atoms. The molecule has 5 aromatic heterocycles. The Morgan fingerprint density at radius 1 is 0.755 bits per heavy atom. The molecular formula is C38H27F3N6O2. The number of benzene rings is 4. The number of H-pyrrole nitrogens is 1. The summed E-state index contributed by atoms with van der Waals surface area (Å²) in [5.74, 6) is -0.204. The molecule has 1 amide bonds. The average Bonchev–Trinajstić information content (AvgIpc) is 3.53. The van der Waals surface area contributed by atoms with Crippen LogP contribution in [0.2, 0.25) is 0 Å². The molecule has 10 rings (SSSR count). The Hall–Kier alpha value is -5.81. The zero-order valence-electron chi connectivity index (χ0n) is 26.2. The van der Waals surface area contributed by atoms with Crippen LogP contribution in [0.3, 0.4) is 0 Å². The fourth-order valence-electron chi connectivity index (χ4n) is 7.18. The van der Waals surface area contributed by atoms with Gasteiger partial charge in [0.05, 0.1) is 22.1 Å². The van der Waals surface area contributed by atoms with Crippen molar-refractivity contribution in [2.24, 2.45) is 0 Å². The summed E-state index contributed by atoms with van der Waals surface area (Å²) in [6.07, 6.45) is -3.13. The van der Waals surface area contributed by atoms with E-state index in [9.17, 15) is 22.8 Å². The van der Waals surface area contributed by atoms with Crippen LogP contribution in [0.25, 0.3) is 70.7 Å².